The molecule has 5 nitrogen and oxygen atoms in total. The normalized spacial score (nSPS) is 8.77. The Morgan fingerprint density at radius 1 is 0.692 bits per heavy atom. The van der Waals surface area contributed by atoms with E-state index in [1.807, 2.05) is 13.8 Å². The fraction of sp³-hybridized carbons (Fsp3) is 1.00. The van der Waals surface area contributed by atoms with Crippen molar-refractivity contribution in [3.63, 3.8) is 0 Å². The molecule has 84 valence electrons. The van der Waals surface area contributed by atoms with Crippen molar-refractivity contribution >= 4 is 0 Å². The highest BCUT2D eigenvalue weighted by Gasteiger charge is 1.87. The van der Waals surface area contributed by atoms with Crippen molar-refractivity contribution < 1.29 is 19.7 Å². The molecule has 0 aliphatic carbocycles. The van der Waals surface area contributed by atoms with E-state index in [9.17, 15) is 0 Å². The average Bonchev–Trinajstić information content (AvgIpc) is 2.03. The summed E-state index contributed by atoms with van der Waals surface area (Å²) in [4.78, 5) is 0. The van der Waals surface area contributed by atoms with Crippen molar-refractivity contribution in [3.05, 3.63) is 0 Å². The maximum absolute atomic E-state index is 5.19. The first-order valence-electron chi connectivity index (χ1n) is 4.15. The Labute approximate surface area is 80.3 Å². The quantitative estimate of drug-likeness (QED) is 0.570. The maximum Gasteiger partial charge on any atom is 0.0701 e. The van der Waals surface area contributed by atoms with Crippen LogP contribution in [0.1, 0.15) is 13.8 Å². The third kappa shape index (κ3) is 18.6. The van der Waals surface area contributed by atoms with Gasteiger partial charge in [-0.25, -0.2) is 0 Å². The SMILES string of the molecule is CCOCCOCCOCC.N.O. The van der Waals surface area contributed by atoms with Crippen LogP contribution in [0, 0.1) is 0 Å². The first-order valence-corrected chi connectivity index (χ1v) is 4.15. The van der Waals surface area contributed by atoms with E-state index >= 15 is 0 Å². The molecule has 0 bridgehead atoms. The van der Waals surface area contributed by atoms with Gasteiger partial charge in [0.1, 0.15) is 0 Å². The topological polar surface area (TPSA) is 94.2 Å². The number of rotatable bonds is 8. The summed E-state index contributed by atoms with van der Waals surface area (Å²) >= 11 is 0. The van der Waals surface area contributed by atoms with Gasteiger partial charge in [0.15, 0.2) is 0 Å². The third-order valence-corrected chi connectivity index (χ3v) is 1.15. The Hall–Kier alpha value is -0.200. The van der Waals surface area contributed by atoms with Gasteiger partial charge in [-0.05, 0) is 13.8 Å². The van der Waals surface area contributed by atoms with Crippen LogP contribution in [-0.4, -0.2) is 45.1 Å². The summed E-state index contributed by atoms with van der Waals surface area (Å²) in [5, 5.41) is 0. The van der Waals surface area contributed by atoms with E-state index in [0.29, 0.717) is 26.4 Å². The lowest BCUT2D eigenvalue weighted by atomic mass is 10.7. The molecule has 0 heterocycles. The maximum atomic E-state index is 5.19. The van der Waals surface area contributed by atoms with Crippen molar-refractivity contribution in [1.29, 1.82) is 0 Å². The summed E-state index contributed by atoms with van der Waals surface area (Å²) < 4.78 is 15.3. The summed E-state index contributed by atoms with van der Waals surface area (Å²) in [5.41, 5.74) is 0. The lowest BCUT2D eigenvalue weighted by Gasteiger charge is -2.03. The zero-order valence-corrected chi connectivity index (χ0v) is 8.67. The molecule has 0 fully saturated rings. The van der Waals surface area contributed by atoms with Gasteiger partial charge in [0, 0.05) is 13.2 Å². The minimum absolute atomic E-state index is 0. The molecule has 0 radical (unpaired) electrons. The predicted molar refractivity (Wildman–Crippen MR) is 52.4 cm³/mol. The summed E-state index contributed by atoms with van der Waals surface area (Å²) in [7, 11) is 0. The second-order valence-corrected chi connectivity index (χ2v) is 2.01. The molecule has 0 saturated heterocycles. The first-order chi connectivity index (χ1) is 5.41. The van der Waals surface area contributed by atoms with E-state index < -0.39 is 0 Å². The minimum Gasteiger partial charge on any atom is -0.412 e. The predicted octanol–water partition coefficient (Wildman–Crippen LogP) is 0.413. The molecule has 0 amide bonds. The van der Waals surface area contributed by atoms with Crippen LogP contribution in [0.5, 0.6) is 0 Å². The number of ether oxygens (including phenoxy) is 3. The molecule has 0 aliphatic rings. The van der Waals surface area contributed by atoms with Gasteiger partial charge in [-0.3, -0.25) is 0 Å². The van der Waals surface area contributed by atoms with E-state index in [1.54, 1.807) is 0 Å². The summed E-state index contributed by atoms with van der Waals surface area (Å²) in [6.45, 7) is 8.16. The standard InChI is InChI=1S/C8H18O3.H3N.H2O/c1-3-9-5-7-11-8-6-10-4-2;;/h3-8H2,1-2H3;1H3;1H2. The van der Waals surface area contributed by atoms with Crippen molar-refractivity contribution in [2.45, 2.75) is 13.8 Å². The smallest absolute Gasteiger partial charge is 0.0701 e. The van der Waals surface area contributed by atoms with Gasteiger partial charge in [-0.15, -0.1) is 0 Å². The molecule has 0 saturated carbocycles. The molecule has 0 aliphatic heterocycles. The Kier molecular flexibility index (Phi) is 25.4. The van der Waals surface area contributed by atoms with Gasteiger partial charge >= 0.3 is 0 Å². The molecular formula is C8H23NO4. The van der Waals surface area contributed by atoms with Crippen LogP contribution < -0.4 is 6.15 Å². The van der Waals surface area contributed by atoms with E-state index in [0.717, 1.165) is 13.2 Å². The largest absolute Gasteiger partial charge is 0.412 e. The monoisotopic (exact) mass is 197 g/mol. The van der Waals surface area contributed by atoms with Crippen LogP contribution in [0.4, 0.5) is 0 Å². The Balaban J connectivity index is -0.000000500. The molecule has 0 aromatic rings. The van der Waals surface area contributed by atoms with E-state index in [1.165, 1.54) is 0 Å². The van der Waals surface area contributed by atoms with Crippen molar-refractivity contribution in [2.75, 3.05) is 39.6 Å². The first kappa shape index (κ1) is 18.6. The van der Waals surface area contributed by atoms with Crippen molar-refractivity contribution in [3.8, 4) is 0 Å². The van der Waals surface area contributed by atoms with Crippen LogP contribution in [0.25, 0.3) is 0 Å². The van der Waals surface area contributed by atoms with Gasteiger partial charge in [-0.2, -0.15) is 0 Å². The fourth-order valence-corrected chi connectivity index (χ4v) is 0.626. The van der Waals surface area contributed by atoms with Gasteiger partial charge in [-0.1, -0.05) is 0 Å². The molecule has 0 spiro atoms. The highest BCUT2D eigenvalue weighted by atomic mass is 16.5. The zero-order valence-electron chi connectivity index (χ0n) is 8.67. The molecule has 0 aromatic heterocycles. The van der Waals surface area contributed by atoms with Crippen LogP contribution in [0.3, 0.4) is 0 Å². The van der Waals surface area contributed by atoms with Crippen molar-refractivity contribution in [1.82, 2.24) is 6.15 Å². The van der Waals surface area contributed by atoms with Gasteiger partial charge < -0.3 is 25.8 Å². The molecule has 0 rings (SSSR count). The van der Waals surface area contributed by atoms with Crippen LogP contribution in [-0.2, 0) is 14.2 Å². The van der Waals surface area contributed by atoms with Crippen molar-refractivity contribution in [2.24, 2.45) is 0 Å². The lowest BCUT2D eigenvalue weighted by Crippen LogP contribution is -2.08. The lowest BCUT2D eigenvalue weighted by molar-refractivity contribution is 0.0195. The summed E-state index contributed by atoms with van der Waals surface area (Å²) in [5.74, 6) is 0. The molecular weight excluding hydrogens is 174 g/mol. The van der Waals surface area contributed by atoms with Gasteiger partial charge in [0.05, 0.1) is 26.4 Å². The Morgan fingerprint density at radius 2 is 1.00 bits per heavy atom. The number of hydrogen-bond acceptors (Lipinski definition) is 4. The Bertz CT molecular complexity index is 65.2. The van der Waals surface area contributed by atoms with Gasteiger partial charge in [0.2, 0.25) is 0 Å². The van der Waals surface area contributed by atoms with E-state index in [4.69, 9.17) is 14.2 Å². The molecule has 0 atom stereocenters. The van der Waals surface area contributed by atoms with Crippen LogP contribution in [0.2, 0.25) is 0 Å². The molecule has 5 N–H and O–H groups in total. The minimum atomic E-state index is 0. The Morgan fingerprint density at radius 3 is 1.31 bits per heavy atom. The number of hydrogen-bond donors (Lipinski definition) is 1. The molecule has 0 unspecified atom stereocenters. The fourth-order valence-electron chi connectivity index (χ4n) is 0.626. The second kappa shape index (κ2) is 17.8. The zero-order chi connectivity index (χ0) is 8.36. The second-order valence-electron chi connectivity index (χ2n) is 2.01. The average molecular weight is 197 g/mol. The van der Waals surface area contributed by atoms with E-state index in [2.05, 4.69) is 0 Å². The van der Waals surface area contributed by atoms with Crippen LogP contribution >= 0.6 is 0 Å². The van der Waals surface area contributed by atoms with Crippen LogP contribution in [0.15, 0.2) is 0 Å². The molecule has 5 heteroatoms. The molecule has 0 aromatic carbocycles. The summed E-state index contributed by atoms with van der Waals surface area (Å²) in [6.07, 6.45) is 0. The summed E-state index contributed by atoms with van der Waals surface area (Å²) in [6, 6.07) is 0. The van der Waals surface area contributed by atoms with Gasteiger partial charge in [0.25, 0.3) is 0 Å². The third-order valence-electron chi connectivity index (χ3n) is 1.15. The molecule has 13 heavy (non-hydrogen) atoms. The van der Waals surface area contributed by atoms with E-state index in [-0.39, 0.29) is 11.6 Å². The highest BCUT2D eigenvalue weighted by molar-refractivity contribution is 4.30. The highest BCUT2D eigenvalue weighted by Crippen LogP contribution is 1.79.